The molecule has 1 N–H and O–H groups in total. The van der Waals surface area contributed by atoms with Crippen molar-refractivity contribution in [2.24, 2.45) is 4.99 Å². The minimum atomic E-state index is -0.441. The zero-order valence-corrected chi connectivity index (χ0v) is 21.4. The molecule has 0 bridgehead atoms. The van der Waals surface area contributed by atoms with Crippen LogP contribution in [0.15, 0.2) is 71.7 Å². The molecule has 2 atom stereocenters. The van der Waals surface area contributed by atoms with E-state index < -0.39 is 5.41 Å². The lowest BCUT2D eigenvalue weighted by molar-refractivity contribution is -0.116. The monoisotopic (exact) mass is 510 g/mol. The van der Waals surface area contributed by atoms with E-state index in [1.54, 1.807) is 4.90 Å². The van der Waals surface area contributed by atoms with Crippen molar-refractivity contribution < 1.29 is 14.6 Å². The fourth-order valence-electron chi connectivity index (χ4n) is 4.29. The van der Waals surface area contributed by atoms with Crippen molar-refractivity contribution in [2.45, 2.75) is 38.3 Å². The maximum Gasteiger partial charge on any atom is 0.215 e. The van der Waals surface area contributed by atoms with Gasteiger partial charge in [-0.3, -0.25) is 14.7 Å². The number of amidine groups is 1. The third-order valence-corrected chi connectivity index (χ3v) is 6.84. The summed E-state index contributed by atoms with van der Waals surface area (Å²) in [5, 5.41) is 11.1. The van der Waals surface area contributed by atoms with Crippen LogP contribution in [0.4, 0.5) is 0 Å². The van der Waals surface area contributed by atoms with E-state index in [9.17, 15) is 9.90 Å². The van der Waals surface area contributed by atoms with Gasteiger partial charge < -0.3 is 9.84 Å². The van der Waals surface area contributed by atoms with Gasteiger partial charge in [0.15, 0.2) is 0 Å². The Labute approximate surface area is 216 Å². The van der Waals surface area contributed by atoms with E-state index in [-0.39, 0.29) is 18.7 Å². The van der Waals surface area contributed by atoms with Crippen LogP contribution in [0.2, 0.25) is 10.0 Å². The number of benzene rings is 3. The molecule has 0 spiro atoms. The molecule has 5 nitrogen and oxygen atoms in total. The van der Waals surface area contributed by atoms with Crippen molar-refractivity contribution in [1.82, 2.24) is 4.90 Å². The van der Waals surface area contributed by atoms with Crippen LogP contribution in [0.5, 0.6) is 5.75 Å². The normalized spacial score (nSPS) is 17.9. The Hall–Kier alpha value is -2.86. The first-order chi connectivity index (χ1) is 16.8. The molecule has 182 valence electrons. The Morgan fingerprint density at radius 3 is 2.14 bits per heavy atom. The maximum atomic E-state index is 12.5. The number of aliphatic hydroxyl groups is 1. The zero-order valence-electron chi connectivity index (χ0n) is 19.9. The Bertz CT molecular complexity index is 1220. The fourth-order valence-corrected chi connectivity index (χ4v) is 4.54. The van der Waals surface area contributed by atoms with E-state index in [4.69, 9.17) is 32.9 Å². The first-order valence-corrected chi connectivity index (χ1v) is 12.3. The molecule has 35 heavy (non-hydrogen) atoms. The quantitative estimate of drug-likeness (QED) is 0.358. The number of nitrogens with zero attached hydrogens (tertiary/aromatic N) is 2. The third kappa shape index (κ3) is 5.08. The lowest BCUT2D eigenvalue weighted by Crippen LogP contribution is -2.31. The molecule has 3 aromatic carbocycles. The van der Waals surface area contributed by atoms with Gasteiger partial charge in [0.25, 0.3) is 0 Å². The molecular weight excluding hydrogens is 483 g/mol. The van der Waals surface area contributed by atoms with Crippen LogP contribution in [-0.4, -0.2) is 35.5 Å². The number of aliphatic hydroxyl groups excluding tert-OH is 1. The van der Waals surface area contributed by atoms with Crippen LogP contribution >= 0.6 is 23.2 Å². The van der Waals surface area contributed by atoms with Crippen molar-refractivity contribution in [3.63, 3.8) is 0 Å². The van der Waals surface area contributed by atoms with E-state index in [0.29, 0.717) is 33.8 Å². The molecule has 1 amide bonds. The van der Waals surface area contributed by atoms with Gasteiger partial charge in [-0.05, 0) is 60.0 Å². The second-order valence-corrected chi connectivity index (χ2v) is 10.0. The van der Waals surface area contributed by atoms with E-state index in [0.717, 1.165) is 23.1 Å². The van der Waals surface area contributed by atoms with Crippen molar-refractivity contribution >= 4 is 35.4 Å². The summed E-state index contributed by atoms with van der Waals surface area (Å²) in [5.41, 5.74) is 3.06. The summed E-state index contributed by atoms with van der Waals surface area (Å²) in [6.07, 6.45) is 0.815. The van der Waals surface area contributed by atoms with Crippen LogP contribution in [0.1, 0.15) is 55.1 Å². The number of halogens is 2. The molecule has 1 aliphatic rings. The summed E-state index contributed by atoms with van der Waals surface area (Å²) >= 11 is 12.3. The number of carbonyl (C=O) groups is 1. The fraction of sp³-hybridized carbons (Fsp3) is 0.286. The molecule has 0 unspecified atom stereocenters. The van der Waals surface area contributed by atoms with Gasteiger partial charge in [0.05, 0.1) is 24.8 Å². The Morgan fingerprint density at radius 2 is 1.60 bits per heavy atom. The minimum absolute atomic E-state index is 0.00337. The van der Waals surface area contributed by atoms with E-state index in [1.807, 2.05) is 87.5 Å². The van der Waals surface area contributed by atoms with Crippen LogP contribution in [0, 0.1) is 0 Å². The highest BCUT2D eigenvalue weighted by atomic mass is 35.5. The van der Waals surface area contributed by atoms with Gasteiger partial charge in [-0.15, -0.1) is 0 Å². The molecule has 0 fully saturated rings. The van der Waals surface area contributed by atoms with E-state index in [1.165, 1.54) is 0 Å². The summed E-state index contributed by atoms with van der Waals surface area (Å²) < 4.78 is 6.00. The average Bonchev–Trinajstić information content (AvgIpc) is 3.24. The van der Waals surface area contributed by atoms with E-state index in [2.05, 4.69) is 0 Å². The number of rotatable bonds is 8. The summed E-state index contributed by atoms with van der Waals surface area (Å²) in [4.78, 5) is 19.2. The standard InChI is InChI=1S/C28H28Cl2N2O3/c1-4-35-24-15-20(28(2,3)16-33)9-14-23(24)27-31-25(18-5-10-21(29)11-6-18)26(32(27)17-34)19-7-12-22(30)13-8-19/h5-15,17,25-26,33H,4,16H2,1-3H3/t25-,26+/m0/s1. The molecule has 1 heterocycles. The maximum absolute atomic E-state index is 12.5. The first kappa shape index (κ1) is 25.2. The predicted molar refractivity (Wildman–Crippen MR) is 141 cm³/mol. The highest BCUT2D eigenvalue weighted by Crippen LogP contribution is 2.44. The van der Waals surface area contributed by atoms with Gasteiger partial charge in [0.1, 0.15) is 17.6 Å². The van der Waals surface area contributed by atoms with Crippen molar-refractivity contribution in [3.8, 4) is 5.75 Å². The molecule has 7 heteroatoms. The van der Waals surface area contributed by atoms with Crippen molar-refractivity contribution in [3.05, 3.63) is 99.0 Å². The molecule has 4 rings (SSSR count). The average molecular weight is 511 g/mol. The van der Waals surface area contributed by atoms with Gasteiger partial charge in [-0.25, -0.2) is 0 Å². The van der Waals surface area contributed by atoms with Crippen LogP contribution in [0.25, 0.3) is 0 Å². The number of aliphatic imine (C=N–C) groups is 1. The van der Waals surface area contributed by atoms with Crippen LogP contribution < -0.4 is 4.74 Å². The first-order valence-electron chi connectivity index (χ1n) is 11.5. The van der Waals surface area contributed by atoms with Crippen LogP contribution in [-0.2, 0) is 10.2 Å². The topological polar surface area (TPSA) is 62.1 Å². The molecule has 0 saturated carbocycles. The second kappa shape index (κ2) is 10.4. The largest absolute Gasteiger partial charge is 0.493 e. The number of hydrogen-bond donors (Lipinski definition) is 1. The highest BCUT2D eigenvalue weighted by molar-refractivity contribution is 6.30. The minimum Gasteiger partial charge on any atom is -0.493 e. The molecule has 0 aromatic heterocycles. The number of hydrogen-bond acceptors (Lipinski definition) is 4. The van der Waals surface area contributed by atoms with Crippen LogP contribution in [0.3, 0.4) is 0 Å². The van der Waals surface area contributed by atoms with Gasteiger partial charge >= 0.3 is 0 Å². The summed E-state index contributed by atoms with van der Waals surface area (Å²) in [6, 6.07) is 20.0. The van der Waals surface area contributed by atoms with Gasteiger partial charge in [-0.2, -0.15) is 0 Å². The molecule has 0 radical (unpaired) electrons. The molecule has 0 saturated heterocycles. The summed E-state index contributed by atoms with van der Waals surface area (Å²) in [6.45, 7) is 6.29. The molecular formula is C28H28Cl2N2O3. The molecule has 1 aliphatic heterocycles. The number of amides is 1. The van der Waals surface area contributed by atoms with Gasteiger partial charge in [-0.1, -0.05) is 67.4 Å². The lowest BCUT2D eigenvalue weighted by atomic mass is 9.85. The van der Waals surface area contributed by atoms with E-state index >= 15 is 0 Å². The molecule has 0 aliphatic carbocycles. The SMILES string of the molecule is CCOc1cc(C(C)(C)CO)ccc1C1=N[C@@H](c2ccc(Cl)cc2)[C@@H](c2ccc(Cl)cc2)N1C=O. The predicted octanol–water partition coefficient (Wildman–Crippen LogP) is 6.36. The van der Waals surface area contributed by atoms with Gasteiger partial charge in [0, 0.05) is 15.5 Å². The highest BCUT2D eigenvalue weighted by Gasteiger charge is 2.40. The smallest absolute Gasteiger partial charge is 0.215 e. The second-order valence-electron chi connectivity index (χ2n) is 9.14. The summed E-state index contributed by atoms with van der Waals surface area (Å²) in [7, 11) is 0. The Morgan fingerprint density at radius 1 is 1.00 bits per heavy atom. The summed E-state index contributed by atoms with van der Waals surface area (Å²) in [5.74, 6) is 1.14. The Kier molecular flexibility index (Phi) is 7.50. The number of ether oxygens (including phenoxy) is 1. The number of carbonyl (C=O) groups excluding carboxylic acids is 1. The Balaban J connectivity index is 1.87. The third-order valence-electron chi connectivity index (χ3n) is 6.34. The molecule has 3 aromatic rings. The van der Waals surface area contributed by atoms with Crippen molar-refractivity contribution in [1.29, 1.82) is 0 Å². The van der Waals surface area contributed by atoms with Crippen molar-refractivity contribution in [2.75, 3.05) is 13.2 Å². The zero-order chi connectivity index (χ0) is 25.2. The lowest BCUT2D eigenvalue weighted by Gasteiger charge is -2.27. The van der Waals surface area contributed by atoms with Gasteiger partial charge in [0.2, 0.25) is 6.41 Å².